The van der Waals surface area contributed by atoms with Crippen molar-refractivity contribution in [2.75, 3.05) is 7.11 Å². The van der Waals surface area contributed by atoms with Crippen molar-refractivity contribution >= 4 is 5.91 Å². The highest BCUT2D eigenvalue weighted by atomic mass is 16.5. The summed E-state index contributed by atoms with van der Waals surface area (Å²) in [6.45, 7) is 0. The summed E-state index contributed by atoms with van der Waals surface area (Å²) in [5.74, 6) is -0.894. The average molecular weight is 183 g/mol. The van der Waals surface area contributed by atoms with Crippen molar-refractivity contribution in [2.45, 2.75) is 0 Å². The number of hydroxylamine groups is 1. The smallest absolute Gasteiger partial charge is 0.278 e. The average Bonchev–Trinajstić information content (AvgIpc) is 2.17. The van der Waals surface area contributed by atoms with Gasteiger partial charge < -0.3 is 9.84 Å². The van der Waals surface area contributed by atoms with Crippen LogP contribution in [0.1, 0.15) is 10.4 Å². The standard InChI is InChI=1S/C8H9NO4/c1-13-6-4-2-3-5(7(6)10)8(11)9-12/h2-4,10,12H,1H3,(H,9,11). The first-order valence-corrected chi connectivity index (χ1v) is 3.51. The summed E-state index contributed by atoms with van der Waals surface area (Å²) in [4.78, 5) is 10.9. The lowest BCUT2D eigenvalue weighted by molar-refractivity contribution is 0.0703. The van der Waals surface area contributed by atoms with Gasteiger partial charge in [0.2, 0.25) is 0 Å². The van der Waals surface area contributed by atoms with Gasteiger partial charge >= 0.3 is 0 Å². The van der Waals surface area contributed by atoms with Gasteiger partial charge in [0.25, 0.3) is 5.91 Å². The number of nitrogens with one attached hydrogen (secondary N) is 1. The third-order valence-corrected chi connectivity index (χ3v) is 1.57. The first-order chi connectivity index (χ1) is 6.20. The third-order valence-electron chi connectivity index (χ3n) is 1.57. The molecule has 1 aromatic rings. The minimum absolute atomic E-state index is 0.0400. The molecule has 5 heteroatoms. The van der Waals surface area contributed by atoms with Crippen molar-refractivity contribution in [1.82, 2.24) is 5.48 Å². The van der Waals surface area contributed by atoms with E-state index in [1.54, 1.807) is 0 Å². The molecule has 0 bridgehead atoms. The second-order valence-corrected chi connectivity index (χ2v) is 2.30. The predicted octanol–water partition coefficient (Wildman–Crippen LogP) is 0.520. The number of benzene rings is 1. The van der Waals surface area contributed by atoms with Gasteiger partial charge in [-0.1, -0.05) is 6.07 Å². The first kappa shape index (κ1) is 9.34. The van der Waals surface area contributed by atoms with Crippen molar-refractivity contribution in [1.29, 1.82) is 0 Å². The Balaban J connectivity index is 3.15. The van der Waals surface area contributed by atoms with Crippen LogP contribution in [0.2, 0.25) is 0 Å². The number of methoxy groups -OCH3 is 1. The van der Waals surface area contributed by atoms with E-state index in [1.165, 1.54) is 30.8 Å². The SMILES string of the molecule is COc1cccc(C(=O)NO)c1O. The van der Waals surface area contributed by atoms with Crippen molar-refractivity contribution in [2.24, 2.45) is 0 Å². The molecule has 0 heterocycles. The maximum Gasteiger partial charge on any atom is 0.278 e. The number of hydrogen-bond acceptors (Lipinski definition) is 4. The number of ether oxygens (including phenoxy) is 1. The molecule has 3 N–H and O–H groups in total. The molecular weight excluding hydrogens is 174 g/mol. The van der Waals surface area contributed by atoms with Gasteiger partial charge in [0.1, 0.15) is 0 Å². The highest BCUT2D eigenvalue weighted by molar-refractivity contribution is 5.96. The Kier molecular flexibility index (Phi) is 2.71. The van der Waals surface area contributed by atoms with Gasteiger partial charge in [0, 0.05) is 0 Å². The maximum absolute atomic E-state index is 10.9. The molecule has 0 saturated carbocycles. The van der Waals surface area contributed by atoms with Crippen LogP contribution in [0.4, 0.5) is 0 Å². The van der Waals surface area contributed by atoms with E-state index in [0.29, 0.717) is 0 Å². The highest BCUT2D eigenvalue weighted by Gasteiger charge is 2.13. The zero-order chi connectivity index (χ0) is 9.84. The van der Waals surface area contributed by atoms with Crippen molar-refractivity contribution in [3.63, 3.8) is 0 Å². The number of phenolic OH excluding ortho intramolecular Hbond substituents is 1. The molecule has 13 heavy (non-hydrogen) atoms. The molecule has 0 unspecified atom stereocenters. The molecule has 0 aromatic heterocycles. The van der Waals surface area contributed by atoms with Crippen LogP contribution >= 0.6 is 0 Å². The second-order valence-electron chi connectivity index (χ2n) is 2.30. The summed E-state index contributed by atoms with van der Waals surface area (Å²) >= 11 is 0. The van der Waals surface area contributed by atoms with E-state index in [1.807, 2.05) is 0 Å². The van der Waals surface area contributed by atoms with E-state index in [9.17, 15) is 9.90 Å². The Morgan fingerprint density at radius 3 is 2.77 bits per heavy atom. The van der Waals surface area contributed by atoms with Crippen LogP contribution in [0.3, 0.4) is 0 Å². The predicted molar refractivity (Wildman–Crippen MR) is 43.9 cm³/mol. The van der Waals surface area contributed by atoms with Crippen LogP contribution in [0.25, 0.3) is 0 Å². The molecule has 5 nitrogen and oxygen atoms in total. The van der Waals surface area contributed by atoms with Crippen LogP contribution in [-0.2, 0) is 0 Å². The number of carbonyl (C=O) groups is 1. The molecule has 0 aliphatic heterocycles. The van der Waals surface area contributed by atoms with E-state index < -0.39 is 5.91 Å². The molecule has 0 spiro atoms. The van der Waals surface area contributed by atoms with Crippen molar-refractivity contribution < 1.29 is 19.8 Å². The van der Waals surface area contributed by atoms with Gasteiger partial charge in [-0.2, -0.15) is 0 Å². The molecular formula is C8H9NO4. The number of amides is 1. The third kappa shape index (κ3) is 1.70. The summed E-state index contributed by atoms with van der Waals surface area (Å²) in [5.41, 5.74) is 1.38. The van der Waals surface area contributed by atoms with E-state index in [4.69, 9.17) is 9.94 Å². The van der Waals surface area contributed by atoms with Crippen molar-refractivity contribution in [3.05, 3.63) is 23.8 Å². The Morgan fingerprint density at radius 1 is 1.54 bits per heavy atom. The Hall–Kier alpha value is -1.75. The summed E-state index contributed by atoms with van der Waals surface area (Å²) < 4.78 is 4.77. The van der Waals surface area contributed by atoms with Gasteiger partial charge in [-0.05, 0) is 12.1 Å². The molecule has 0 aliphatic rings. The second kappa shape index (κ2) is 3.77. The summed E-state index contributed by atoms with van der Waals surface area (Å²) in [6.07, 6.45) is 0. The summed E-state index contributed by atoms with van der Waals surface area (Å²) in [7, 11) is 1.37. The maximum atomic E-state index is 10.9. The molecule has 0 saturated heterocycles. The van der Waals surface area contributed by atoms with Crippen molar-refractivity contribution in [3.8, 4) is 11.5 Å². The van der Waals surface area contributed by atoms with Gasteiger partial charge in [-0.25, -0.2) is 5.48 Å². The molecule has 0 radical (unpaired) electrons. The topological polar surface area (TPSA) is 78.8 Å². The number of rotatable bonds is 2. The number of carbonyl (C=O) groups excluding carboxylic acids is 1. The first-order valence-electron chi connectivity index (χ1n) is 3.51. The zero-order valence-electron chi connectivity index (χ0n) is 6.94. The van der Waals surface area contributed by atoms with Gasteiger partial charge in [-0.3, -0.25) is 10.0 Å². The van der Waals surface area contributed by atoms with Crippen LogP contribution in [-0.4, -0.2) is 23.3 Å². The van der Waals surface area contributed by atoms with E-state index in [-0.39, 0.29) is 17.1 Å². The van der Waals surface area contributed by atoms with Crippen LogP contribution in [0.5, 0.6) is 11.5 Å². The lowest BCUT2D eigenvalue weighted by Gasteiger charge is -2.06. The zero-order valence-corrected chi connectivity index (χ0v) is 6.94. The number of hydrogen-bond donors (Lipinski definition) is 3. The molecule has 1 aromatic carbocycles. The normalized spacial score (nSPS) is 9.38. The fourth-order valence-electron chi connectivity index (χ4n) is 0.930. The lowest BCUT2D eigenvalue weighted by atomic mass is 10.2. The van der Waals surface area contributed by atoms with Crippen LogP contribution in [0.15, 0.2) is 18.2 Å². The van der Waals surface area contributed by atoms with Gasteiger partial charge in [0.15, 0.2) is 11.5 Å². The minimum atomic E-state index is -0.781. The fourth-order valence-corrected chi connectivity index (χ4v) is 0.930. The quantitative estimate of drug-likeness (QED) is 0.461. The molecule has 0 fully saturated rings. The molecule has 0 atom stereocenters. The highest BCUT2D eigenvalue weighted by Crippen LogP contribution is 2.28. The molecule has 1 rings (SSSR count). The number of phenols is 1. The molecule has 1 amide bonds. The largest absolute Gasteiger partial charge is 0.504 e. The van der Waals surface area contributed by atoms with Gasteiger partial charge in [-0.15, -0.1) is 0 Å². The molecule has 0 aliphatic carbocycles. The Labute approximate surface area is 74.5 Å². The van der Waals surface area contributed by atoms with E-state index in [0.717, 1.165) is 0 Å². The van der Waals surface area contributed by atoms with Crippen LogP contribution in [0, 0.1) is 0 Å². The van der Waals surface area contributed by atoms with E-state index >= 15 is 0 Å². The summed E-state index contributed by atoms with van der Waals surface area (Å²) in [6, 6.07) is 4.40. The lowest BCUT2D eigenvalue weighted by Crippen LogP contribution is -2.18. The Bertz CT molecular complexity index is 324. The van der Waals surface area contributed by atoms with Crippen LogP contribution < -0.4 is 10.2 Å². The molecule has 70 valence electrons. The fraction of sp³-hybridized carbons (Fsp3) is 0.125. The van der Waals surface area contributed by atoms with Gasteiger partial charge in [0.05, 0.1) is 12.7 Å². The minimum Gasteiger partial charge on any atom is -0.504 e. The Morgan fingerprint density at radius 2 is 2.23 bits per heavy atom. The number of para-hydroxylation sites is 1. The van der Waals surface area contributed by atoms with E-state index in [2.05, 4.69) is 0 Å². The summed E-state index contributed by atoms with van der Waals surface area (Å²) in [5, 5.41) is 17.7. The monoisotopic (exact) mass is 183 g/mol. The number of aromatic hydroxyl groups is 1.